The highest BCUT2D eigenvalue weighted by atomic mass is 14.9. The second-order valence-electron chi connectivity index (χ2n) is 3.71. The molecule has 1 nitrogen and oxygen atoms in total. The molecular weight excluding hydrogens is 158 g/mol. The van der Waals surface area contributed by atoms with Gasteiger partial charge in [0.15, 0.2) is 0 Å². The van der Waals surface area contributed by atoms with Crippen molar-refractivity contribution < 1.29 is 0 Å². The summed E-state index contributed by atoms with van der Waals surface area (Å²) in [7, 11) is 0. The van der Waals surface area contributed by atoms with E-state index in [9.17, 15) is 0 Å². The summed E-state index contributed by atoms with van der Waals surface area (Å²) < 4.78 is 0. The second kappa shape index (κ2) is 3.65. The molecule has 1 atom stereocenters. The maximum atomic E-state index is 3.42. The van der Waals surface area contributed by atoms with Crippen molar-refractivity contribution in [3.8, 4) is 0 Å². The van der Waals surface area contributed by atoms with E-state index in [1.165, 1.54) is 11.3 Å². The third-order valence-corrected chi connectivity index (χ3v) is 2.37. The van der Waals surface area contributed by atoms with Crippen molar-refractivity contribution in [2.45, 2.75) is 13.3 Å². The summed E-state index contributed by atoms with van der Waals surface area (Å²) in [4.78, 5) is 0. The Kier molecular flexibility index (Phi) is 2.35. The quantitative estimate of drug-likeness (QED) is 0.724. The topological polar surface area (TPSA) is 12.0 Å². The summed E-state index contributed by atoms with van der Waals surface area (Å²) in [6.07, 6.45) is 3.37. The molecule has 0 spiro atoms. The normalized spacial score (nSPS) is 21.0. The third kappa shape index (κ3) is 2.11. The molecule has 1 unspecified atom stereocenters. The van der Waals surface area contributed by atoms with Crippen LogP contribution in [0.4, 0.5) is 0 Å². The minimum absolute atomic E-state index is 0.693. The highest BCUT2D eigenvalue weighted by Gasteiger charge is 2.09. The van der Waals surface area contributed by atoms with Gasteiger partial charge >= 0.3 is 0 Å². The Morgan fingerprint density at radius 2 is 2.08 bits per heavy atom. The van der Waals surface area contributed by atoms with Gasteiger partial charge in [0.2, 0.25) is 0 Å². The molecule has 0 fully saturated rings. The van der Waals surface area contributed by atoms with Crippen LogP contribution < -0.4 is 5.32 Å². The lowest BCUT2D eigenvalue weighted by Gasteiger charge is -2.03. The molecular formula is C12H15N. The number of nitrogens with one attached hydrogen (secondary N) is 1. The monoisotopic (exact) mass is 173 g/mol. The number of allylic oxidation sites excluding steroid dienone is 1. The van der Waals surface area contributed by atoms with Gasteiger partial charge in [0.25, 0.3) is 0 Å². The summed E-state index contributed by atoms with van der Waals surface area (Å²) in [6, 6.07) is 10.6. The lowest BCUT2D eigenvalue weighted by molar-refractivity contribution is 0.710. The first-order valence-electron chi connectivity index (χ1n) is 4.83. The molecule has 2 rings (SSSR count). The predicted octanol–water partition coefficient (Wildman–Crippen LogP) is 2.35. The summed E-state index contributed by atoms with van der Waals surface area (Å²) in [5, 5.41) is 3.42. The van der Waals surface area contributed by atoms with Gasteiger partial charge in [-0.15, -0.1) is 0 Å². The summed E-state index contributed by atoms with van der Waals surface area (Å²) in [5.74, 6) is 0.693. The zero-order valence-corrected chi connectivity index (χ0v) is 7.96. The minimum Gasteiger partial charge on any atom is -0.388 e. The highest BCUT2D eigenvalue weighted by Crippen LogP contribution is 2.13. The molecule has 0 bridgehead atoms. The Hall–Kier alpha value is -1.24. The van der Waals surface area contributed by atoms with E-state index in [4.69, 9.17) is 0 Å². The zero-order chi connectivity index (χ0) is 9.10. The third-order valence-electron chi connectivity index (χ3n) is 2.37. The first-order valence-corrected chi connectivity index (χ1v) is 4.83. The molecule has 1 aliphatic heterocycles. The Morgan fingerprint density at radius 1 is 1.31 bits per heavy atom. The highest BCUT2D eigenvalue weighted by molar-refractivity contribution is 5.23. The van der Waals surface area contributed by atoms with Gasteiger partial charge in [0, 0.05) is 18.7 Å². The van der Waals surface area contributed by atoms with Crippen molar-refractivity contribution in [3.05, 3.63) is 47.7 Å². The fourth-order valence-corrected chi connectivity index (χ4v) is 1.69. The molecule has 1 aromatic rings. The number of hydrogen-bond acceptors (Lipinski definition) is 1. The number of benzene rings is 1. The van der Waals surface area contributed by atoms with E-state index in [2.05, 4.69) is 48.6 Å². The van der Waals surface area contributed by atoms with E-state index in [-0.39, 0.29) is 0 Å². The van der Waals surface area contributed by atoms with Gasteiger partial charge in [0.1, 0.15) is 0 Å². The lowest BCUT2D eigenvalue weighted by atomic mass is 10.1. The minimum atomic E-state index is 0.693. The van der Waals surface area contributed by atoms with E-state index < -0.39 is 0 Å². The molecule has 1 heteroatoms. The molecule has 0 radical (unpaired) electrons. The summed E-state index contributed by atoms with van der Waals surface area (Å²) >= 11 is 0. The maximum Gasteiger partial charge on any atom is 0.0205 e. The van der Waals surface area contributed by atoms with E-state index in [0.717, 1.165) is 13.0 Å². The van der Waals surface area contributed by atoms with Crippen molar-refractivity contribution in [3.63, 3.8) is 0 Å². The molecule has 0 aliphatic carbocycles. The predicted molar refractivity (Wildman–Crippen MR) is 55.4 cm³/mol. The molecule has 1 aliphatic rings. The van der Waals surface area contributed by atoms with Crippen LogP contribution >= 0.6 is 0 Å². The first-order chi connectivity index (χ1) is 6.34. The van der Waals surface area contributed by atoms with Crippen LogP contribution in [0.2, 0.25) is 0 Å². The van der Waals surface area contributed by atoms with Crippen LogP contribution in [0.3, 0.4) is 0 Å². The number of hydrogen-bond donors (Lipinski definition) is 1. The summed E-state index contributed by atoms with van der Waals surface area (Å²) in [6.45, 7) is 3.34. The average molecular weight is 173 g/mol. The average Bonchev–Trinajstić information content (AvgIpc) is 2.53. The first kappa shape index (κ1) is 8.36. The molecule has 1 N–H and O–H groups in total. The van der Waals surface area contributed by atoms with Crippen LogP contribution in [-0.2, 0) is 6.42 Å². The smallest absolute Gasteiger partial charge is 0.0205 e. The van der Waals surface area contributed by atoms with Crippen LogP contribution in [0.5, 0.6) is 0 Å². The molecule has 1 heterocycles. The van der Waals surface area contributed by atoms with Crippen molar-refractivity contribution in [2.24, 2.45) is 5.92 Å². The standard InChI is InChI=1S/C12H15N/c1-10-7-12(13-9-10)8-11-5-3-2-4-6-11/h2-7,10,13H,8-9H2,1H3. The van der Waals surface area contributed by atoms with Gasteiger partial charge in [-0.05, 0) is 11.5 Å². The Bertz CT molecular complexity index is 300. The van der Waals surface area contributed by atoms with Crippen LogP contribution in [-0.4, -0.2) is 6.54 Å². The molecule has 0 saturated carbocycles. The van der Waals surface area contributed by atoms with Crippen LogP contribution in [0, 0.1) is 5.92 Å². The van der Waals surface area contributed by atoms with E-state index in [1.807, 2.05) is 0 Å². The largest absolute Gasteiger partial charge is 0.388 e. The summed E-state index contributed by atoms with van der Waals surface area (Å²) in [5.41, 5.74) is 2.76. The van der Waals surface area contributed by atoms with Gasteiger partial charge in [-0.2, -0.15) is 0 Å². The fraction of sp³-hybridized carbons (Fsp3) is 0.333. The van der Waals surface area contributed by atoms with Gasteiger partial charge in [-0.3, -0.25) is 0 Å². The lowest BCUT2D eigenvalue weighted by Crippen LogP contribution is -2.11. The Morgan fingerprint density at radius 3 is 2.69 bits per heavy atom. The van der Waals surface area contributed by atoms with Crippen molar-refractivity contribution >= 4 is 0 Å². The van der Waals surface area contributed by atoms with Crippen molar-refractivity contribution in [1.82, 2.24) is 5.32 Å². The second-order valence-corrected chi connectivity index (χ2v) is 3.71. The SMILES string of the molecule is CC1C=C(Cc2ccccc2)NC1. The van der Waals surface area contributed by atoms with E-state index in [1.54, 1.807) is 0 Å². The molecule has 1 aromatic carbocycles. The maximum absolute atomic E-state index is 3.42. The molecule has 0 amide bonds. The van der Waals surface area contributed by atoms with E-state index in [0.29, 0.717) is 5.92 Å². The Balaban J connectivity index is 2.03. The van der Waals surface area contributed by atoms with Gasteiger partial charge in [-0.25, -0.2) is 0 Å². The van der Waals surface area contributed by atoms with Gasteiger partial charge < -0.3 is 5.32 Å². The zero-order valence-electron chi connectivity index (χ0n) is 7.96. The van der Waals surface area contributed by atoms with Crippen LogP contribution in [0.25, 0.3) is 0 Å². The van der Waals surface area contributed by atoms with Crippen molar-refractivity contribution in [1.29, 1.82) is 0 Å². The van der Waals surface area contributed by atoms with Gasteiger partial charge in [-0.1, -0.05) is 43.3 Å². The molecule has 0 aromatic heterocycles. The molecule has 68 valence electrons. The molecule has 0 saturated heterocycles. The fourth-order valence-electron chi connectivity index (χ4n) is 1.69. The Labute approximate surface area is 79.5 Å². The number of rotatable bonds is 2. The van der Waals surface area contributed by atoms with E-state index >= 15 is 0 Å². The van der Waals surface area contributed by atoms with Gasteiger partial charge in [0.05, 0.1) is 0 Å². The van der Waals surface area contributed by atoms with Crippen molar-refractivity contribution in [2.75, 3.05) is 6.54 Å². The molecule has 13 heavy (non-hydrogen) atoms. The van der Waals surface area contributed by atoms with Crippen LogP contribution in [0.1, 0.15) is 12.5 Å². The van der Waals surface area contributed by atoms with Crippen LogP contribution in [0.15, 0.2) is 42.1 Å².